The minimum Gasteiger partial charge on any atom is -0.337 e. The van der Waals surface area contributed by atoms with Gasteiger partial charge >= 0.3 is 0 Å². The van der Waals surface area contributed by atoms with Gasteiger partial charge in [-0.3, -0.25) is 4.79 Å². The van der Waals surface area contributed by atoms with E-state index in [0.29, 0.717) is 18.1 Å². The van der Waals surface area contributed by atoms with Gasteiger partial charge in [-0.05, 0) is 34.7 Å². The molecule has 0 unspecified atom stereocenters. The molecule has 5 nitrogen and oxygen atoms in total. The molecule has 27 heavy (non-hydrogen) atoms. The molecular weight excluding hydrogens is 406 g/mol. The van der Waals surface area contributed by atoms with Crippen molar-refractivity contribution in [2.24, 2.45) is 0 Å². The second kappa shape index (κ2) is 6.60. The van der Waals surface area contributed by atoms with Crippen LogP contribution in [-0.2, 0) is 23.2 Å². The van der Waals surface area contributed by atoms with Gasteiger partial charge < -0.3 is 9.42 Å². The summed E-state index contributed by atoms with van der Waals surface area (Å²) in [6.07, 6.45) is 0.393. The normalized spacial score (nSPS) is 13.9. The van der Waals surface area contributed by atoms with Crippen molar-refractivity contribution >= 4 is 27.5 Å². The number of halogens is 1. The predicted molar refractivity (Wildman–Crippen MR) is 107 cm³/mol. The first-order valence-corrected chi connectivity index (χ1v) is 9.63. The zero-order valence-corrected chi connectivity index (χ0v) is 17.1. The third-order valence-electron chi connectivity index (χ3n) is 4.75. The van der Waals surface area contributed by atoms with E-state index in [1.165, 1.54) is 5.56 Å². The molecule has 138 valence electrons. The molecule has 1 amide bonds. The van der Waals surface area contributed by atoms with Crippen LogP contribution in [0.3, 0.4) is 0 Å². The van der Waals surface area contributed by atoms with E-state index < -0.39 is 0 Å². The Labute approximate surface area is 166 Å². The number of rotatable bonds is 3. The quantitative estimate of drug-likeness (QED) is 0.599. The highest BCUT2D eigenvalue weighted by atomic mass is 79.9. The van der Waals surface area contributed by atoms with Gasteiger partial charge in [-0.2, -0.15) is 4.98 Å². The number of carbonyl (C=O) groups is 1. The summed E-state index contributed by atoms with van der Waals surface area (Å²) in [5.74, 6) is 1.000. The molecule has 4 rings (SSSR count). The molecule has 0 N–H and O–H groups in total. The van der Waals surface area contributed by atoms with Crippen LogP contribution in [0.25, 0.3) is 11.4 Å². The summed E-state index contributed by atoms with van der Waals surface area (Å²) in [4.78, 5) is 18.6. The van der Waals surface area contributed by atoms with Crippen LogP contribution in [0.5, 0.6) is 0 Å². The lowest BCUT2D eigenvalue weighted by molar-refractivity contribution is -0.117. The Balaban J connectivity index is 1.55. The van der Waals surface area contributed by atoms with Gasteiger partial charge in [-0.15, -0.1) is 0 Å². The third-order valence-corrected chi connectivity index (χ3v) is 5.24. The van der Waals surface area contributed by atoms with Crippen molar-refractivity contribution in [2.75, 3.05) is 4.90 Å². The average Bonchev–Trinajstić information content (AvgIpc) is 3.19. The monoisotopic (exact) mass is 425 g/mol. The van der Waals surface area contributed by atoms with Crippen LogP contribution in [0.1, 0.15) is 37.8 Å². The van der Waals surface area contributed by atoms with Crippen molar-refractivity contribution in [3.63, 3.8) is 0 Å². The van der Waals surface area contributed by atoms with E-state index in [2.05, 4.69) is 59.0 Å². The van der Waals surface area contributed by atoms with Gasteiger partial charge in [-0.25, -0.2) is 0 Å². The first kappa shape index (κ1) is 17.9. The van der Waals surface area contributed by atoms with E-state index in [9.17, 15) is 4.79 Å². The van der Waals surface area contributed by atoms with Gasteiger partial charge in [0.25, 0.3) is 0 Å². The molecule has 3 aromatic rings. The van der Waals surface area contributed by atoms with Gasteiger partial charge in [-0.1, -0.05) is 66.1 Å². The van der Waals surface area contributed by atoms with Crippen molar-refractivity contribution in [1.82, 2.24) is 10.1 Å². The van der Waals surface area contributed by atoms with E-state index in [1.54, 1.807) is 4.90 Å². The van der Waals surface area contributed by atoms with Gasteiger partial charge in [0, 0.05) is 15.7 Å². The van der Waals surface area contributed by atoms with E-state index in [-0.39, 0.29) is 17.9 Å². The largest absolute Gasteiger partial charge is 0.337 e. The van der Waals surface area contributed by atoms with E-state index >= 15 is 0 Å². The Kier molecular flexibility index (Phi) is 4.38. The summed E-state index contributed by atoms with van der Waals surface area (Å²) in [6, 6.07) is 14.0. The number of amides is 1. The Hall–Kier alpha value is -2.47. The molecule has 0 saturated carbocycles. The molecule has 1 aliphatic rings. The molecule has 1 aromatic heterocycles. The van der Waals surface area contributed by atoms with Crippen molar-refractivity contribution in [3.05, 3.63) is 64.0 Å². The van der Waals surface area contributed by atoms with E-state index in [0.717, 1.165) is 21.3 Å². The second-order valence-electron chi connectivity index (χ2n) is 7.77. The number of nitrogens with zero attached hydrogens (tertiary/aromatic N) is 3. The molecule has 2 heterocycles. The number of carbonyl (C=O) groups excluding carboxylic acids is 1. The SMILES string of the molecule is CC(C)(C)c1ccc(-c2noc(CN3C(=O)Cc4cc(Br)ccc43)n2)cc1. The number of fused-ring (bicyclic) bond motifs is 1. The maximum Gasteiger partial charge on any atom is 0.247 e. The standard InChI is InChI=1S/C21H20BrN3O2/c1-21(2,3)15-6-4-13(5-7-15)20-23-18(27-24-20)12-25-17-9-8-16(22)10-14(17)11-19(25)26/h4-10H,11-12H2,1-3H3. The van der Waals surface area contributed by atoms with Crippen LogP contribution < -0.4 is 4.90 Å². The Morgan fingerprint density at radius 3 is 2.59 bits per heavy atom. The molecule has 0 radical (unpaired) electrons. The minimum atomic E-state index is 0.0392. The van der Waals surface area contributed by atoms with E-state index in [4.69, 9.17) is 4.52 Å². The van der Waals surface area contributed by atoms with Crippen molar-refractivity contribution in [1.29, 1.82) is 0 Å². The Morgan fingerprint density at radius 1 is 1.15 bits per heavy atom. The molecule has 6 heteroatoms. The molecule has 1 aliphatic heterocycles. The summed E-state index contributed by atoms with van der Waals surface area (Å²) in [5.41, 5.74) is 4.15. The van der Waals surface area contributed by atoms with Crippen LogP contribution >= 0.6 is 15.9 Å². The maximum atomic E-state index is 12.4. The third kappa shape index (κ3) is 3.54. The highest BCUT2D eigenvalue weighted by Crippen LogP contribution is 2.32. The fourth-order valence-electron chi connectivity index (χ4n) is 3.22. The number of anilines is 1. The minimum absolute atomic E-state index is 0.0392. The lowest BCUT2D eigenvalue weighted by atomic mass is 9.87. The number of benzene rings is 2. The number of hydrogen-bond acceptors (Lipinski definition) is 4. The fraction of sp³-hybridized carbons (Fsp3) is 0.286. The lowest BCUT2D eigenvalue weighted by Crippen LogP contribution is -2.26. The molecule has 0 saturated heterocycles. The molecule has 0 fully saturated rings. The Bertz CT molecular complexity index is 1000. The lowest BCUT2D eigenvalue weighted by Gasteiger charge is -2.18. The molecule has 2 aromatic carbocycles. The number of aromatic nitrogens is 2. The Morgan fingerprint density at radius 2 is 1.89 bits per heavy atom. The van der Waals surface area contributed by atoms with Crippen molar-refractivity contribution in [2.45, 2.75) is 39.2 Å². The molecule has 0 aliphatic carbocycles. The zero-order valence-electron chi connectivity index (χ0n) is 15.5. The molecule has 0 bridgehead atoms. The topological polar surface area (TPSA) is 59.2 Å². The highest BCUT2D eigenvalue weighted by Gasteiger charge is 2.29. The van der Waals surface area contributed by atoms with Crippen LogP contribution in [-0.4, -0.2) is 16.0 Å². The van der Waals surface area contributed by atoms with Crippen molar-refractivity contribution in [3.8, 4) is 11.4 Å². The van der Waals surface area contributed by atoms with Crippen LogP contribution in [0, 0.1) is 0 Å². The van der Waals surface area contributed by atoms with Crippen molar-refractivity contribution < 1.29 is 9.32 Å². The van der Waals surface area contributed by atoms with Crippen LogP contribution in [0.4, 0.5) is 5.69 Å². The summed E-state index contributed by atoms with van der Waals surface area (Å²) in [5, 5.41) is 4.08. The smallest absolute Gasteiger partial charge is 0.247 e. The van der Waals surface area contributed by atoms with Gasteiger partial charge in [0.15, 0.2) is 0 Å². The van der Waals surface area contributed by atoms with E-state index in [1.807, 2.05) is 30.3 Å². The van der Waals surface area contributed by atoms with Gasteiger partial charge in [0.05, 0.1) is 6.42 Å². The van der Waals surface area contributed by atoms with Crippen LogP contribution in [0.15, 0.2) is 51.5 Å². The van der Waals surface area contributed by atoms with Crippen LogP contribution in [0.2, 0.25) is 0 Å². The summed E-state index contributed by atoms with van der Waals surface area (Å²) in [6.45, 7) is 6.81. The molecular formula is C21H20BrN3O2. The highest BCUT2D eigenvalue weighted by molar-refractivity contribution is 9.10. The summed E-state index contributed by atoms with van der Waals surface area (Å²) >= 11 is 3.45. The maximum absolute atomic E-state index is 12.4. The fourth-order valence-corrected chi connectivity index (χ4v) is 3.62. The summed E-state index contributed by atoms with van der Waals surface area (Å²) < 4.78 is 6.37. The van der Waals surface area contributed by atoms with Gasteiger partial charge in [0.1, 0.15) is 6.54 Å². The first-order valence-electron chi connectivity index (χ1n) is 8.83. The second-order valence-corrected chi connectivity index (χ2v) is 8.68. The summed E-state index contributed by atoms with van der Waals surface area (Å²) in [7, 11) is 0. The number of hydrogen-bond donors (Lipinski definition) is 0. The van der Waals surface area contributed by atoms with Gasteiger partial charge in [0.2, 0.25) is 17.6 Å². The molecule has 0 spiro atoms. The first-order chi connectivity index (χ1) is 12.8. The predicted octanol–water partition coefficient (Wildman–Crippen LogP) is 4.89. The molecule has 0 atom stereocenters. The average molecular weight is 426 g/mol. The zero-order chi connectivity index (χ0) is 19.2.